The summed E-state index contributed by atoms with van der Waals surface area (Å²) in [7, 11) is 1.62. The number of carboxylic acids is 1. The molecule has 0 amide bonds. The number of aromatic carboxylic acids is 1. The highest BCUT2D eigenvalue weighted by Crippen LogP contribution is 2.18. The van der Waals surface area contributed by atoms with E-state index in [-0.39, 0.29) is 11.7 Å². The first-order chi connectivity index (χ1) is 8.58. The molecular formula is C12H19N3O3. The summed E-state index contributed by atoms with van der Waals surface area (Å²) in [4.78, 5) is 14.8. The van der Waals surface area contributed by atoms with Crippen LogP contribution in [0, 0.1) is 0 Å². The van der Waals surface area contributed by atoms with Gasteiger partial charge in [0.2, 0.25) is 0 Å². The Labute approximate surface area is 106 Å². The lowest BCUT2D eigenvalue weighted by Gasteiger charge is -2.19. The van der Waals surface area contributed by atoms with Gasteiger partial charge in [0.1, 0.15) is 0 Å². The minimum atomic E-state index is -1.07. The lowest BCUT2D eigenvalue weighted by atomic mass is 10.2. The molecule has 0 aliphatic carbocycles. The van der Waals surface area contributed by atoms with Crippen LogP contribution in [0.2, 0.25) is 0 Å². The highest BCUT2D eigenvalue weighted by atomic mass is 16.5. The zero-order chi connectivity index (χ0) is 13.5. The van der Waals surface area contributed by atoms with Crippen molar-refractivity contribution < 1.29 is 14.6 Å². The molecule has 1 atom stereocenters. The van der Waals surface area contributed by atoms with E-state index in [0.717, 1.165) is 12.8 Å². The van der Waals surface area contributed by atoms with Crippen LogP contribution >= 0.6 is 0 Å². The first kappa shape index (κ1) is 14.2. The smallest absolute Gasteiger partial charge is 0.354 e. The first-order valence-electron chi connectivity index (χ1n) is 5.83. The van der Waals surface area contributed by atoms with Gasteiger partial charge in [0.15, 0.2) is 11.5 Å². The van der Waals surface area contributed by atoms with Gasteiger partial charge in [-0.3, -0.25) is 0 Å². The van der Waals surface area contributed by atoms with Gasteiger partial charge in [-0.1, -0.05) is 13.3 Å². The number of anilines is 2. The number of nitrogen functional groups attached to an aromatic ring is 1. The number of hydrogen-bond donors (Lipinski definition) is 3. The molecule has 4 N–H and O–H groups in total. The summed E-state index contributed by atoms with van der Waals surface area (Å²) >= 11 is 0. The third-order valence-corrected chi connectivity index (χ3v) is 2.49. The summed E-state index contributed by atoms with van der Waals surface area (Å²) < 4.78 is 5.10. The van der Waals surface area contributed by atoms with E-state index in [2.05, 4.69) is 17.2 Å². The molecule has 0 spiro atoms. The number of nitrogens with two attached hydrogens (primary N) is 1. The van der Waals surface area contributed by atoms with Crippen molar-refractivity contribution in [1.29, 1.82) is 0 Å². The Balaban J connectivity index is 2.86. The van der Waals surface area contributed by atoms with Gasteiger partial charge >= 0.3 is 5.97 Å². The van der Waals surface area contributed by atoms with Gasteiger partial charge in [0.05, 0.1) is 18.3 Å². The monoisotopic (exact) mass is 253 g/mol. The normalized spacial score (nSPS) is 12.1. The average molecular weight is 253 g/mol. The SMILES string of the molecule is CCCC(COC)Nc1nc(C(=O)O)ccc1N. The van der Waals surface area contributed by atoms with Crippen molar-refractivity contribution in [3.05, 3.63) is 17.8 Å². The Hall–Kier alpha value is -1.82. The Morgan fingerprint density at radius 2 is 2.33 bits per heavy atom. The maximum atomic E-state index is 10.8. The predicted molar refractivity (Wildman–Crippen MR) is 69.8 cm³/mol. The van der Waals surface area contributed by atoms with Gasteiger partial charge in [-0.15, -0.1) is 0 Å². The zero-order valence-electron chi connectivity index (χ0n) is 10.6. The van der Waals surface area contributed by atoms with Crippen LogP contribution in [0.1, 0.15) is 30.3 Å². The van der Waals surface area contributed by atoms with Crippen LogP contribution < -0.4 is 11.1 Å². The van der Waals surface area contributed by atoms with Crippen molar-refractivity contribution in [2.45, 2.75) is 25.8 Å². The second kappa shape index (κ2) is 6.80. The van der Waals surface area contributed by atoms with E-state index in [1.54, 1.807) is 7.11 Å². The first-order valence-corrected chi connectivity index (χ1v) is 5.83. The summed E-state index contributed by atoms with van der Waals surface area (Å²) in [6, 6.07) is 2.99. The molecule has 6 nitrogen and oxygen atoms in total. The molecular weight excluding hydrogens is 234 g/mol. The fraction of sp³-hybridized carbons (Fsp3) is 0.500. The highest BCUT2D eigenvalue weighted by molar-refractivity contribution is 5.86. The van der Waals surface area contributed by atoms with Crippen molar-refractivity contribution in [1.82, 2.24) is 4.98 Å². The van der Waals surface area contributed by atoms with Gasteiger partial charge in [0.25, 0.3) is 0 Å². The molecule has 1 aromatic rings. The summed E-state index contributed by atoms with van der Waals surface area (Å²) in [5.41, 5.74) is 6.17. The maximum Gasteiger partial charge on any atom is 0.354 e. The Kier molecular flexibility index (Phi) is 5.38. The van der Waals surface area contributed by atoms with Crippen LogP contribution in [0.25, 0.3) is 0 Å². The number of pyridine rings is 1. The molecule has 0 fully saturated rings. The van der Waals surface area contributed by atoms with Gasteiger partial charge in [-0.2, -0.15) is 0 Å². The quantitative estimate of drug-likeness (QED) is 0.682. The van der Waals surface area contributed by atoms with E-state index in [4.69, 9.17) is 15.6 Å². The zero-order valence-corrected chi connectivity index (χ0v) is 10.6. The van der Waals surface area contributed by atoms with E-state index in [1.807, 2.05) is 0 Å². The highest BCUT2D eigenvalue weighted by Gasteiger charge is 2.13. The summed E-state index contributed by atoms with van der Waals surface area (Å²) in [6.45, 7) is 2.58. The molecule has 1 heterocycles. The van der Waals surface area contributed by atoms with Gasteiger partial charge in [-0.25, -0.2) is 9.78 Å². The summed E-state index contributed by atoms with van der Waals surface area (Å²) in [5.74, 6) is -0.678. The number of carbonyl (C=O) groups is 1. The molecule has 0 saturated carbocycles. The molecule has 18 heavy (non-hydrogen) atoms. The molecule has 0 radical (unpaired) electrons. The molecule has 1 unspecified atom stereocenters. The maximum absolute atomic E-state index is 10.8. The van der Waals surface area contributed by atoms with Gasteiger partial charge in [-0.05, 0) is 18.6 Å². The van der Waals surface area contributed by atoms with E-state index >= 15 is 0 Å². The molecule has 1 rings (SSSR count). The van der Waals surface area contributed by atoms with E-state index in [9.17, 15) is 4.79 Å². The van der Waals surface area contributed by atoms with E-state index in [0.29, 0.717) is 18.1 Å². The van der Waals surface area contributed by atoms with Gasteiger partial charge < -0.3 is 20.9 Å². The molecule has 0 bridgehead atoms. The van der Waals surface area contributed by atoms with Crippen molar-refractivity contribution in [3.8, 4) is 0 Å². The Morgan fingerprint density at radius 3 is 2.89 bits per heavy atom. The Morgan fingerprint density at radius 1 is 1.61 bits per heavy atom. The molecule has 0 aromatic carbocycles. The molecule has 6 heteroatoms. The van der Waals surface area contributed by atoms with E-state index < -0.39 is 5.97 Å². The van der Waals surface area contributed by atoms with Crippen LogP contribution in [-0.2, 0) is 4.74 Å². The van der Waals surface area contributed by atoms with Crippen molar-refractivity contribution in [3.63, 3.8) is 0 Å². The lowest BCUT2D eigenvalue weighted by molar-refractivity contribution is 0.0690. The van der Waals surface area contributed by atoms with Crippen molar-refractivity contribution >= 4 is 17.5 Å². The number of carboxylic acid groups (broad SMARTS) is 1. The van der Waals surface area contributed by atoms with Crippen LogP contribution in [0.3, 0.4) is 0 Å². The number of rotatable bonds is 7. The minimum absolute atomic E-state index is 0.0284. The second-order valence-corrected chi connectivity index (χ2v) is 4.02. The second-order valence-electron chi connectivity index (χ2n) is 4.02. The van der Waals surface area contributed by atoms with E-state index in [1.165, 1.54) is 12.1 Å². The standard InChI is InChI=1S/C12H19N3O3/c1-3-4-8(7-18-2)14-11-9(13)5-6-10(15-11)12(16)17/h5-6,8H,3-4,7,13H2,1-2H3,(H,14,15)(H,16,17). The number of nitrogens with zero attached hydrogens (tertiary/aromatic N) is 1. The Bertz CT molecular complexity index is 404. The number of methoxy groups -OCH3 is 1. The third kappa shape index (κ3) is 3.89. The third-order valence-electron chi connectivity index (χ3n) is 2.49. The van der Waals surface area contributed by atoms with Crippen molar-refractivity contribution in [2.24, 2.45) is 0 Å². The molecule has 100 valence electrons. The molecule has 1 aromatic heterocycles. The van der Waals surface area contributed by atoms with Gasteiger partial charge in [0, 0.05) is 7.11 Å². The van der Waals surface area contributed by atoms with Crippen LogP contribution in [-0.4, -0.2) is 35.8 Å². The molecule has 0 aliphatic heterocycles. The predicted octanol–water partition coefficient (Wildman–Crippen LogP) is 1.59. The van der Waals surface area contributed by atoms with Crippen LogP contribution in [0.4, 0.5) is 11.5 Å². The topological polar surface area (TPSA) is 97.5 Å². The summed E-state index contributed by atoms with van der Waals surface area (Å²) in [6.07, 6.45) is 1.88. The minimum Gasteiger partial charge on any atom is -0.477 e. The molecule has 0 aliphatic rings. The number of hydrogen-bond acceptors (Lipinski definition) is 5. The number of nitrogens with one attached hydrogen (secondary N) is 1. The molecule has 0 saturated heterocycles. The largest absolute Gasteiger partial charge is 0.477 e. The number of ether oxygens (including phenoxy) is 1. The van der Waals surface area contributed by atoms with Crippen LogP contribution in [0.5, 0.6) is 0 Å². The fourth-order valence-corrected chi connectivity index (χ4v) is 1.64. The van der Waals surface area contributed by atoms with Crippen LogP contribution in [0.15, 0.2) is 12.1 Å². The average Bonchev–Trinajstić information content (AvgIpc) is 2.32. The summed E-state index contributed by atoms with van der Waals surface area (Å²) in [5, 5.41) is 12.0. The number of aromatic nitrogens is 1. The lowest BCUT2D eigenvalue weighted by Crippen LogP contribution is -2.26. The van der Waals surface area contributed by atoms with Crippen molar-refractivity contribution in [2.75, 3.05) is 24.8 Å². The fourth-order valence-electron chi connectivity index (χ4n) is 1.64.